The second-order valence-electron chi connectivity index (χ2n) is 11.1. The van der Waals surface area contributed by atoms with Crippen LogP contribution in [0.1, 0.15) is 69.4 Å². The fourth-order valence-electron chi connectivity index (χ4n) is 5.69. The second kappa shape index (κ2) is 8.23. The fourth-order valence-corrected chi connectivity index (χ4v) is 5.69. The topological polar surface area (TPSA) is 35.6 Å². The van der Waals surface area contributed by atoms with E-state index in [1.165, 1.54) is 28.2 Å². The highest BCUT2D eigenvalue weighted by molar-refractivity contribution is 5.95. The molecule has 2 aliphatic heterocycles. The number of amides is 1. The lowest BCUT2D eigenvalue weighted by Crippen LogP contribution is -2.42. The number of hydrogen-bond donors (Lipinski definition) is 1. The van der Waals surface area contributed by atoms with Crippen LogP contribution < -0.4 is 15.1 Å². The molecular weight excluding hydrogens is 406 g/mol. The molecule has 1 amide bonds. The molecule has 33 heavy (non-hydrogen) atoms. The highest BCUT2D eigenvalue weighted by atomic mass is 16.1. The Morgan fingerprint density at radius 1 is 1.06 bits per heavy atom. The van der Waals surface area contributed by atoms with Crippen molar-refractivity contribution in [2.45, 2.75) is 64.8 Å². The average molecular weight is 446 g/mol. The van der Waals surface area contributed by atoms with Crippen LogP contribution in [0, 0.1) is 5.92 Å². The first-order chi connectivity index (χ1) is 15.5. The summed E-state index contributed by atoms with van der Waals surface area (Å²) in [4.78, 5) is 17.3. The van der Waals surface area contributed by atoms with E-state index in [4.69, 9.17) is 0 Å². The number of allylic oxidation sites excluding steroid dienone is 1. The third-order valence-electron chi connectivity index (χ3n) is 7.77. The van der Waals surface area contributed by atoms with Gasteiger partial charge in [-0.15, -0.1) is 0 Å². The van der Waals surface area contributed by atoms with E-state index in [1.54, 1.807) is 7.05 Å². The number of nitrogens with zero attached hydrogens (tertiary/aromatic N) is 2. The Morgan fingerprint density at radius 3 is 2.39 bits per heavy atom. The molecule has 4 heteroatoms. The molecule has 176 valence electrons. The zero-order valence-corrected chi connectivity index (χ0v) is 21.5. The number of nitrogens with one attached hydrogen (secondary N) is 1. The van der Waals surface area contributed by atoms with Crippen LogP contribution in [-0.2, 0) is 10.8 Å². The maximum Gasteiger partial charge on any atom is 0.251 e. The maximum atomic E-state index is 12.4. The number of para-hydroxylation sites is 1. The molecule has 0 aromatic heterocycles. The molecule has 4 nitrogen and oxygen atoms in total. The Balaban J connectivity index is 1.83. The number of benzene rings is 2. The van der Waals surface area contributed by atoms with Crippen molar-refractivity contribution >= 4 is 17.3 Å². The molecule has 0 spiro atoms. The van der Waals surface area contributed by atoms with E-state index in [0.717, 1.165) is 18.5 Å². The summed E-state index contributed by atoms with van der Waals surface area (Å²) in [6, 6.07) is 15.2. The van der Waals surface area contributed by atoms with Gasteiger partial charge in [0.2, 0.25) is 0 Å². The predicted molar refractivity (Wildman–Crippen MR) is 139 cm³/mol. The monoisotopic (exact) mass is 445 g/mol. The van der Waals surface area contributed by atoms with Crippen molar-refractivity contribution in [1.29, 1.82) is 0 Å². The lowest BCUT2D eigenvalue weighted by atomic mass is 9.77. The molecule has 0 fully saturated rings. The standard InChI is InChI=1S/C29H39N3O/c1-19(2)15-16-32-24-14-13-20(27(33)30-7)17-22(24)29(5,6)26(32)18-25-28(3,4)21-11-9-10-12-23(21)31(25)8/h9-14,17-19,26H,15-16H2,1-8H3,(H,30,33)/b25-18+. The first-order valence-electron chi connectivity index (χ1n) is 12.2. The molecule has 0 bridgehead atoms. The van der Waals surface area contributed by atoms with Crippen LogP contribution in [0.15, 0.2) is 54.2 Å². The van der Waals surface area contributed by atoms with E-state index in [2.05, 4.69) is 106 Å². The molecule has 1 atom stereocenters. The number of rotatable bonds is 5. The van der Waals surface area contributed by atoms with Crippen LogP contribution in [0.25, 0.3) is 0 Å². The Labute approximate surface area is 199 Å². The molecule has 0 radical (unpaired) electrons. The van der Waals surface area contributed by atoms with Crippen molar-refractivity contribution in [2.24, 2.45) is 5.92 Å². The van der Waals surface area contributed by atoms with Gasteiger partial charge in [0.05, 0.1) is 6.04 Å². The zero-order chi connectivity index (χ0) is 24.1. The van der Waals surface area contributed by atoms with E-state index in [-0.39, 0.29) is 22.8 Å². The first kappa shape index (κ1) is 23.4. The van der Waals surface area contributed by atoms with E-state index >= 15 is 0 Å². The number of hydrogen-bond acceptors (Lipinski definition) is 3. The zero-order valence-electron chi connectivity index (χ0n) is 21.5. The molecule has 2 aromatic rings. The van der Waals surface area contributed by atoms with Crippen LogP contribution in [0.3, 0.4) is 0 Å². The quantitative estimate of drug-likeness (QED) is 0.625. The van der Waals surface area contributed by atoms with E-state index < -0.39 is 0 Å². The summed E-state index contributed by atoms with van der Waals surface area (Å²) in [7, 11) is 3.88. The summed E-state index contributed by atoms with van der Waals surface area (Å²) >= 11 is 0. The molecule has 1 N–H and O–H groups in total. The van der Waals surface area contributed by atoms with Gasteiger partial charge in [-0.05, 0) is 53.8 Å². The van der Waals surface area contributed by atoms with Crippen LogP contribution in [0.4, 0.5) is 11.4 Å². The van der Waals surface area contributed by atoms with E-state index in [9.17, 15) is 4.79 Å². The summed E-state index contributed by atoms with van der Waals surface area (Å²) in [6.45, 7) is 14.9. The lowest BCUT2D eigenvalue weighted by Gasteiger charge is -2.35. The minimum Gasteiger partial charge on any atom is -0.364 e. The normalized spacial score (nSPS) is 21.5. The predicted octanol–water partition coefficient (Wildman–Crippen LogP) is 5.87. The Morgan fingerprint density at radius 2 is 1.76 bits per heavy atom. The number of carbonyl (C=O) groups excluding carboxylic acids is 1. The second-order valence-corrected chi connectivity index (χ2v) is 11.1. The van der Waals surface area contributed by atoms with Crippen molar-refractivity contribution < 1.29 is 4.79 Å². The van der Waals surface area contributed by atoms with Crippen molar-refractivity contribution in [3.8, 4) is 0 Å². The van der Waals surface area contributed by atoms with Crippen LogP contribution in [0.5, 0.6) is 0 Å². The average Bonchev–Trinajstić information content (AvgIpc) is 3.11. The molecule has 1 unspecified atom stereocenters. The summed E-state index contributed by atoms with van der Waals surface area (Å²) in [5, 5.41) is 2.78. The van der Waals surface area contributed by atoms with Gasteiger partial charge in [-0.2, -0.15) is 0 Å². The van der Waals surface area contributed by atoms with Gasteiger partial charge < -0.3 is 15.1 Å². The largest absolute Gasteiger partial charge is 0.364 e. The van der Waals surface area contributed by atoms with Gasteiger partial charge in [0.25, 0.3) is 5.91 Å². The maximum absolute atomic E-state index is 12.4. The van der Waals surface area contributed by atoms with Gasteiger partial charge in [0.15, 0.2) is 0 Å². The van der Waals surface area contributed by atoms with Gasteiger partial charge in [-0.3, -0.25) is 4.79 Å². The van der Waals surface area contributed by atoms with Crippen molar-refractivity contribution in [2.75, 3.05) is 30.4 Å². The van der Waals surface area contributed by atoms with Crippen molar-refractivity contribution in [3.63, 3.8) is 0 Å². The minimum atomic E-state index is -0.130. The SMILES string of the molecule is CNC(=O)c1ccc2c(c1)C(C)(C)C(/C=C1/N(C)c3ccccc3C1(C)C)N2CCC(C)C. The Hall–Kier alpha value is -2.75. The summed E-state index contributed by atoms with van der Waals surface area (Å²) in [5.74, 6) is 0.599. The summed E-state index contributed by atoms with van der Waals surface area (Å²) in [5.41, 5.74) is 7.06. The van der Waals surface area contributed by atoms with Gasteiger partial charge in [0.1, 0.15) is 0 Å². The third kappa shape index (κ3) is 3.74. The number of fused-ring (bicyclic) bond motifs is 2. The molecule has 0 aliphatic carbocycles. The number of likely N-dealkylation sites (N-methyl/N-ethyl adjacent to an activating group) is 1. The fraction of sp³-hybridized carbons (Fsp3) is 0.483. The van der Waals surface area contributed by atoms with Crippen molar-refractivity contribution in [1.82, 2.24) is 5.32 Å². The molecule has 0 saturated carbocycles. The van der Waals surface area contributed by atoms with Gasteiger partial charge in [-0.1, -0.05) is 59.7 Å². The van der Waals surface area contributed by atoms with Gasteiger partial charge in [-0.25, -0.2) is 0 Å². The minimum absolute atomic E-state index is 0.0313. The highest BCUT2D eigenvalue weighted by Crippen LogP contribution is 2.51. The van der Waals surface area contributed by atoms with Crippen molar-refractivity contribution in [3.05, 3.63) is 70.9 Å². The molecule has 4 rings (SSSR count). The first-order valence-corrected chi connectivity index (χ1v) is 12.2. The Bertz CT molecular complexity index is 1100. The van der Waals surface area contributed by atoms with Crippen LogP contribution in [-0.4, -0.2) is 32.6 Å². The molecular formula is C29H39N3O. The van der Waals surface area contributed by atoms with Gasteiger partial charge in [0, 0.05) is 54.1 Å². The summed E-state index contributed by atoms with van der Waals surface area (Å²) < 4.78 is 0. The number of anilines is 2. The van der Waals surface area contributed by atoms with Gasteiger partial charge >= 0.3 is 0 Å². The Kier molecular flexibility index (Phi) is 5.84. The smallest absolute Gasteiger partial charge is 0.251 e. The van der Waals surface area contributed by atoms with Crippen LogP contribution in [0.2, 0.25) is 0 Å². The highest BCUT2D eigenvalue weighted by Gasteiger charge is 2.46. The third-order valence-corrected chi connectivity index (χ3v) is 7.77. The lowest BCUT2D eigenvalue weighted by molar-refractivity contribution is 0.0963. The number of carbonyl (C=O) groups is 1. The van der Waals surface area contributed by atoms with E-state index in [0.29, 0.717) is 5.92 Å². The van der Waals surface area contributed by atoms with E-state index in [1.807, 2.05) is 6.07 Å². The molecule has 2 aromatic carbocycles. The molecule has 2 aliphatic rings. The summed E-state index contributed by atoms with van der Waals surface area (Å²) in [6.07, 6.45) is 3.63. The molecule has 0 saturated heterocycles. The van der Waals surface area contributed by atoms with Crippen LogP contribution >= 0.6 is 0 Å². The molecule has 2 heterocycles.